The van der Waals surface area contributed by atoms with Crippen LogP contribution in [0.3, 0.4) is 0 Å². The Labute approximate surface area is 88.2 Å². The van der Waals surface area contributed by atoms with E-state index in [0.29, 0.717) is 5.56 Å². The fourth-order valence-electron chi connectivity index (χ4n) is 2.15. The summed E-state index contributed by atoms with van der Waals surface area (Å²) in [7, 11) is 0. The molecule has 1 aromatic rings. The summed E-state index contributed by atoms with van der Waals surface area (Å²) in [5, 5.41) is 8.81. The summed E-state index contributed by atoms with van der Waals surface area (Å²) in [4.78, 5) is 0. The van der Waals surface area contributed by atoms with Crippen molar-refractivity contribution in [2.75, 3.05) is 0 Å². The van der Waals surface area contributed by atoms with Crippen molar-refractivity contribution in [3.05, 3.63) is 29.3 Å². The number of rotatable bonds is 0. The van der Waals surface area contributed by atoms with E-state index < -0.39 is 0 Å². The molecule has 1 fully saturated rings. The van der Waals surface area contributed by atoms with Crippen LogP contribution in [0, 0.1) is 11.3 Å². The zero-order chi connectivity index (χ0) is 10.6. The Morgan fingerprint density at radius 1 is 1.40 bits per heavy atom. The predicted molar refractivity (Wildman–Crippen MR) is 53.5 cm³/mol. The lowest BCUT2D eigenvalue weighted by molar-refractivity contribution is 0.0725. The molecule has 0 aromatic heterocycles. The normalized spacial score (nSPS) is 29.4. The standard InChI is InChI=1S/C12H11NO2/c1-12(2)11-10(14-11)8-5-7(6-13)3-4-9(8)15-12/h3-5,10-11H,1-2H3/t10-,11?/m1/s1. The van der Waals surface area contributed by atoms with Gasteiger partial charge in [0.2, 0.25) is 0 Å². The summed E-state index contributed by atoms with van der Waals surface area (Å²) in [6.45, 7) is 4.05. The van der Waals surface area contributed by atoms with Crippen LogP contribution < -0.4 is 4.74 Å². The van der Waals surface area contributed by atoms with Crippen LogP contribution in [0.15, 0.2) is 18.2 Å². The van der Waals surface area contributed by atoms with E-state index in [1.807, 2.05) is 26.0 Å². The molecule has 0 spiro atoms. The van der Waals surface area contributed by atoms with Gasteiger partial charge in [-0.2, -0.15) is 5.26 Å². The first kappa shape index (κ1) is 8.75. The highest BCUT2D eigenvalue weighted by molar-refractivity contribution is 5.47. The van der Waals surface area contributed by atoms with Crippen LogP contribution >= 0.6 is 0 Å². The van der Waals surface area contributed by atoms with Gasteiger partial charge in [-0.25, -0.2) is 0 Å². The fourth-order valence-corrected chi connectivity index (χ4v) is 2.15. The van der Waals surface area contributed by atoms with Crippen LogP contribution in [0.5, 0.6) is 5.75 Å². The van der Waals surface area contributed by atoms with Crippen molar-refractivity contribution in [2.24, 2.45) is 0 Å². The number of hydrogen-bond acceptors (Lipinski definition) is 3. The van der Waals surface area contributed by atoms with E-state index in [1.54, 1.807) is 6.07 Å². The number of hydrogen-bond donors (Lipinski definition) is 0. The van der Waals surface area contributed by atoms with E-state index in [0.717, 1.165) is 11.3 Å². The summed E-state index contributed by atoms with van der Waals surface area (Å²) in [5.41, 5.74) is 1.41. The molecule has 2 heterocycles. The highest BCUT2D eigenvalue weighted by Crippen LogP contribution is 2.53. The van der Waals surface area contributed by atoms with Gasteiger partial charge in [0.05, 0.1) is 11.6 Å². The quantitative estimate of drug-likeness (QED) is 0.604. The molecule has 0 N–H and O–H groups in total. The smallest absolute Gasteiger partial charge is 0.132 e. The molecule has 0 bridgehead atoms. The summed E-state index contributed by atoms with van der Waals surface area (Å²) < 4.78 is 11.4. The number of epoxide rings is 1. The predicted octanol–water partition coefficient (Wildman–Crippen LogP) is 2.17. The number of benzene rings is 1. The minimum atomic E-state index is -0.258. The van der Waals surface area contributed by atoms with E-state index in [2.05, 4.69) is 6.07 Å². The van der Waals surface area contributed by atoms with E-state index in [-0.39, 0.29) is 17.8 Å². The Morgan fingerprint density at radius 3 is 2.93 bits per heavy atom. The summed E-state index contributed by atoms with van der Waals surface area (Å²) in [5.74, 6) is 0.845. The van der Waals surface area contributed by atoms with Crippen LogP contribution in [0.4, 0.5) is 0 Å². The average molecular weight is 201 g/mol. The van der Waals surface area contributed by atoms with Crippen LogP contribution in [-0.2, 0) is 4.74 Å². The minimum absolute atomic E-state index is 0.122. The van der Waals surface area contributed by atoms with E-state index >= 15 is 0 Å². The van der Waals surface area contributed by atoms with Gasteiger partial charge in [-0.15, -0.1) is 0 Å². The SMILES string of the molecule is CC1(C)Oc2ccc(C#N)cc2[C@H]2OC21. The third kappa shape index (κ3) is 1.15. The summed E-state index contributed by atoms with van der Waals surface area (Å²) in [6.07, 6.45) is 0.260. The molecule has 2 aliphatic heterocycles. The molecule has 0 amide bonds. The third-order valence-corrected chi connectivity index (χ3v) is 3.00. The zero-order valence-electron chi connectivity index (χ0n) is 8.65. The third-order valence-electron chi connectivity index (χ3n) is 3.00. The van der Waals surface area contributed by atoms with Gasteiger partial charge in [-0.3, -0.25) is 0 Å². The lowest BCUT2D eigenvalue weighted by atomic mass is 9.93. The highest BCUT2D eigenvalue weighted by atomic mass is 16.6. The van der Waals surface area contributed by atoms with Crippen LogP contribution in [0.25, 0.3) is 0 Å². The molecule has 0 saturated carbocycles. The van der Waals surface area contributed by atoms with Gasteiger partial charge < -0.3 is 9.47 Å². The first-order valence-corrected chi connectivity index (χ1v) is 5.00. The van der Waals surface area contributed by atoms with Crippen LogP contribution in [-0.4, -0.2) is 11.7 Å². The lowest BCUT2D eigenvalue weighted by Crippen LogP contribution is -2.37. The maximum absolute atomic E-state index is 8.81. The second kappa shape index (κ2) is 2.53. The molecular weight excluding hydrogens is 190 g/mol. The molecule has 0 aliphatic carbocycles. The molecule has 3 nitrogen and oxygen atoms in total. The molecule has 2 aliphatic rings. The van der Waals surface area contributed by atoms with Gasteiger partial charge in [0.15, 0.2) is 0 Å². The molecule has 3 rings (SSSR count). The van der Waals surface area contributed by atoms with Gasteiger partial charge in [-0.05, 0) is 32.0 Å². The Morgan fingerprint density at radius 2 is 2.20 bits per heavy atom. The van der Waals surface area contributed by atoms with Crippen LogP contribution in [0.2, 0.25) is 0 Å². The van der Waals surface area contributed by atoms with Crippen molar-refractivity contribution < 1.29 is 9.47 Å². The molecular formula is C12H11NO2. The Bertz CT molecular complexity index is 473. The molecule has 76 valence electrons. The molecule has 3 heteroatoms. The van der Waals surface area contributed by atoms with Crippen molar-refractivity contribution in [3.63, 3.8) is 0 Å². The lowest BCUT2D eigenvalue weighted by Gasteiger charge is -2.29. The first-order chi connectivity index (χ1) is 7.12. The van der Waals surface area contributed by atoms with Gasteiger partial charge in [0.1, 0.15) is 23.6 Å². The van der Waals surface area contributed by atoms with Gasteiger partial charge in [0.25, 0.3) is 0 Å². The number of ether oxygens (including phenoxy) is 2. The number of fused-ring (bicyclic) bond motifs is 3. The Balaban J connectivity index is 2.10. The molecule has 1 saturated heterocycles. The van der Waals surface area contributed by atoms with Crippen LogP contribution in [0.1, 0.15) is 31.1 Å². The van der Waals surface area contributed by atoms with Gasteiger partial charge >= 0.3 is 0 Å². The van der Waals surface area contributed by atoms with Crippen molar-refractivity contribution in [2.45, 2.75) is 31.7 Å². The van der Waals surface area contributed by atoms with Crippen molar-refractivity contribution in [1.82, 2.24) is 0 Å². The molecule has 15 heavy (non-hydrogen) atoms. The molecule has 1 unspecified atom stereocenters. The largest absolute Gasteiger partial charge is 0.485 e. The van der Waals surface area contributed by atoms with Crippen molar-refractivity contribution >= 4 is 0 Å². The first-order valence-electron chi connectivity index (χ1n) is 5.00. The number of nitrogens with zero attached hydrogens (tertiary/aromatic N) is 1. The Hall–Kier alpha value is -1.53. The highest BCUT2D eigenvalue weighted by Gasteiger charge is 2.56. The maximum Gasteiger partial charge on any atom is 0.132 e. The molecule has 1 aromatic carbocycles. The average Bonchev–Trinajstić information content (AvgIpc) is 2.97. The summed E-state index contributed by atoms with van der Waals surface area (Å²) >= 11 is 0. The minimum Gasteiger partial charge on any atom is -0.485 e. The van der Waals surface area contributed by atoms with E-state index in [9.17, 15) is 0 Å². The second-order valence-corrected chi connectivity index (χ2v) is 4.55. The molecule has 0 radical (unpaired) electrons. The summed E-state index contributed by atoms with van der Waals surface area (Å²) in [6, 6.07) is 7.61. The zero-order valence-corrected chi connectivity index (χ0v) is 8.65. The second-order valence-electron chi connectivity index (χ2n) is 4.55. The Kier molecular flexibility index (Phi) is 1.48. The van der Waals surface area contributed by atoms with Gasteiger partial charge in [0, 0.05) is 5.56 Å². The fraction of sp³-hybridized carbons (Fsp3) is 0.417. The van der Waals surface area contributed by atoms with E-state index in [4.69, 9.17) is 14.7 Å². The number of nitriles is 1. The van der Waals surface area contributed by atoms with Gasteiger partial charge in [-0.1, -0.05) is 0 Å². The topological polar surface area (TPSA) is 45.5 Å². The maximum atomic E-state index is 8.81. The van der Waals surface area contributed by atoms with Crippen molar-refractivity contribution in [1.29, 1.82) is 5.26 Å². The monoisotopic (exact) mass is 201 g/mol. The van der Waals surface area contributed by atoms with Crippen molar-refractivity contribution in [3.8, 4) is 11.8 Å². The van der Waals surface area contributed by atoms with E-state index in [1.165, 1.54) is 0 Å². The molecule has 2 atom stereocenters.